The van der Waals surface area contributed by atoms with E-state index in [9.17, 15) is 4.79 Å². The fourth-order valence-electron chi connectivity index (χ4n) is 4.88. The molecule has 0 bridgehead atoms. The first-order valence-corrected chi connectivity index (χ1v) is 12.5. The van der Waals surface area contributed by atoms with Crippen LogP contribution in [0.2, 0.25) is 0 Å². The highest BCUT2D eigenvalue weighted by Crippen LogP contribution is 2.42. The van der Waals surface area contributed by atoms with Crippen molar-refractivity contribution in [2.24, 2.45) is 5.41 Å². The van der Waals surface area contributed by atoms with Gasteiger partial charge in [-0.1, -0.05) is 0 Å². The number of ether oxygens (including phenoxy) is 1. The van der Waals surface area contributed by atoms with E-state index in [0.717, 1.165) is 72.3 Å². The molecule has 34 heavy (non-hydrogen) atoms. The van der Waals surface area contributed by atoms with Gasteiger partial charge in [0.1, 0.15) is 16.0 Å². The summed E-state index contributed by atoms with van der Waals surface area (Å²) < 4.78 is 6.37. The summed E-state index contributed by atoms with van der Waals surface area (Å²) in [6.45, 7) is 9.02. The van der Waals surface area contributed by atoms with E-state index in [2.05, 4.69) is 30.8 Å². The first-order valence-electron chi connectivity index (χ1n) is 11.7. The van der Waals surface area contributed by atoms with Crippen molar-refractivity contribution in [3.8, 4) is 11.4 Å². The number of halogens is 1. The molecule has 0 atom stereocenters. The van der Waals surface area contributed by atoms with E-state index in [-0.39, 0.29) is 11.5 Å². The number of rotatable bonds is 2. The first-order chi connectivity index (χ1) is 16.2. The fourth-order valence-corrected chi connectivity index (χ4v) is 5.21. The highest BCUT2D eigenvalue weighted by molar-refractivity contribution is 9.10. The zero-order valence-corrected chi connectivity index (χ0v) is 21.4. The predicted molar refractivity (Wildman–Crippen MR) is 135 cm³/mol. The molecule has 0 aliphatic carbocycles. The highest BCUT2D eigenvalue weighted by atomic mass is 79.9. The Morgan fingerprint density at radius 1 is 1.09 bits per heavy atom. The van der Waals surface area contributed by atoms with Crippen molar-refractivity contribution in [2.75, 3.05) is 31.1 Å². The molecule has 1 spiro atoms. The summed E-state index contributed by atoms with van der Waals surface area (Å²) >= 11 is 3.50. The number of amides is 1. The molecule has 0 unspecified atom stereocenters. The molecule has 0 radical (unpaired) electrons. The van der Waals surface area contributed by atoms with Crippen molar-refractivity contribution in [1.82, 2.24) is 24.8 Å². The summed E-state index contributed by atoms with van der Waals surface area (Å²) in [4.78, 5) is 35.1. The zero-order valence-electron chi connectivity index (χ0n) is 19.8. The third-order valence-electron chi connectivity index (χ3n) is 6.68. The second kappa shape index (κ2) is 8.76. The topological polar surface area (TPSA) is 84.3 Å². The van der Waals surface area contributed by atoms with Crippen LogP contribution in [0.1, 0.15) is 40.0 Å². The summed E-state index contributed by atoms with van der Waals surface area (Å²) in [7, 11) is 0. The maximum Gasteiger partial charge on any atom is 0.410 e. The lowest BCUT2D eigenvalue weighted by Crippen LogP contribution is -2.43. The van der Waals surface area contributed by atoms with E-state index < -0.39 is 5.60 Å². The second-order valence-electron chi connectivity index (χ2n) is 10.3. The van der Waals surface area contributed by atoms with Crippen molar-refractivity contribution >= 4 is 38.7 Å². The number of pyridine rings is 2. The van der Waals surface area contributed by atoms with Gasteiger partial charge in [0.05, 0.1) is 11.7 Å². The van der Waals surface area contributed by atoms with Gasteiger partial charge in [-0.3, -0.25) is 4.98 Å². The normalized spacial score (nSPS) is 18.0. The minimum Gasteiger partial charge on any atom is -0.444 e. The van der Waals surface area contributed by atoms with E-state index in [1.54, 1.807) is 18.6 Å². The van der Waals surface area contributed by atoms with Gasteiger partial charge in [0.15, 0.2) is 5.82 Å². The van der Waals surface area contributed by atoms with Gasteiger partial charge < -0.3 is 14.5 Å². The van der Waals surface area contributed by atoms with Crippen molar-refractivity contribution in [3.63, 3.8) is 0 Å². The summed E-state index contributed by atoms with van der Waals surface area (Å²) in [6, 6.07) is 5.84. The van der Waals surface area contributed by atoms with Crippen LogP contribution in [0.15, 0.2) is 41.4 Å². The van der Waals surface area contributed by atoms with E-state index in [0.29, 0.717) is 5.82 Å². The number of hydrogen-bond acceptors (Lipinski definition) is 7. The number of piperidine rings is 1. The first kappa shape index (κ1) is 23.0. The van der Waals surface area contributed by atoms with Crippen LogP contribution in [0, 0.1) is 5.41 Å². The largest absolute Gasteiger partial charge is 0.444 e. The van der Waals surface area contributed by atoms with Crippen LogP contribution < -0.4 is 4.90 Å². The number of carbonyl (C=O) groups is 1. The monoisotopic (exact) mass is 524 g/mol. The molecule has 5 heterocycles. The van der Waals surface area contributed by atoms with Crippen molar-refractivity contribution in [3.05, 3.63) is 41.4 Å². The molecular weight excluding hydrogens is 496 g/mol. The molecule has 2 fully saturated rings. The molecule has 178 valence electrons. The number of anilines is 1. The SMILES string of the molecule is CC(C)(C)OC(=O)N1CCC2(CCN(c3nc(-c4ccncc4)nc4cnc(Br)cc34)CC2)C1. The highest BCUT2D eigenvalue weighted by Gasteiger charge is 2.43. The van der Waals surface area contributed by atoms with Gasteiger partial charge in [0, 0.05) is 49.5 Å². The smallest absolute Gasteiger partial charge is 0.410 e. The number of likely N-dealkylation sites (tertiary alicyclic amines) is 1. The molecule has 3 aromatic heterocycles. The molecule has 2 aliphatic rings. The standard InChI is InChI=1S/C25H29BrN6O2/c1-24(2,3)34-23(33)32-13-8-25(16-32)6-11-31(12-7-25)22-18-14-20(26)28-15-19(18)29-21(30-22)17-4-9-27-10-5-17/h4-5,9-10,14-15H,6-8,11-13,16H2,1-3H3. The van der Waals surface area contributed by atoms with E-state index >= 15 is 0 Å². The van der Waals surface area contributed by atoms with Crippen LogP contribution in [0.4, 0.5) is 10.6 Å². The van der Waals surface area contributed by atoms with Gasteiger partial charge in [-0.15, -0.1) is 0 Å². The molecule has 2 saturated heterocycles. The van der Waals surface area contributed by atoms with Gasteiger partial charge in [-0.05, 0) is 79.6 Å². The van der Waals surface area contributed by atoms with Crippen LogP contribution in [-0.2, 0) is 4.74 Å². The second-order valence-corrected chi connectivity index (χ2v) is 11.1. The summed E-state index contributed by atoms with van der Waals surface area (Å²) in [6.07, 6.45) is 8.13. The Morgan fingerprint density at radius 3 is 2.50 bits per heavy atom. The Balaban J connectivity index is 1.38. The zero-order chi connectivity index (χ0) is 23.9. The minimum atomic E-state index is -0.472. The molecule has 0 saturated carbocycles. The molecule has 0 N–H and O–H groups in total. The van der Waals surface area contributed by atoms with Gasteiger partial charge in [0.25, 0.3) is 0 Å². The Kier molecular flexibility index (Phi) is 5.91. The molecule has 1 amide bonds. The summed E-state index contributed by atoms with van der Waals surface area (Å²) in [5.41, 5.74) is 1.42. The number of hydrogen-bond donors (Lipinski definition) is 0. The average Bonchev–Trinajstić information content (AvgIpc) is 3.22. The molecule has 0 aromatic carbocycles. The van der Waals surface area contributed by atoms with E-state index in [4.69, 9.17) is 14.7 Å². The third kappa shape index (κ3) is 4.71. The Morgan fingerprint density at radius 2 is 1.79 bits per heavy atom. The van der Waals surface area contributed by atoms with Crippen LogP contribution in [0.5, 0.6) is 0 Å². The minimum absolute atomic E-state index is 0.145. The number of fused-ring (bicyclic) bond motifs is 1. The molecule has 9 heteroatoms. The van der Waals surface area contributed by atoms with Crippen molar-refractivity contribution < 1.29 is 9.53 Å². The quantitative estimate of drug-likeness (QED) is 0.432. The van der Waals surface area contributed by atoms with Gasteiger partial charge in [-0.25, -0.2) is 19.7 Å². The van der Waals surface area contributed by atoms with Crippen LogP contribution in [-0.4, -0.2) is 62.7 Å². The molecular formula is C25H29BrN6O2. The maximum atomic E-state index is 12.6. The summed E-state index contributed by atoms with van der Waals surface area (Å²) in [5, 5.41) is 0.984. The lowest BCUT2D eigenvalue weighted by Gasteiger charge is -2.40. The molecule has 8 nitrogen and oxygen atoms in total. The van der Waals surface area contributed by atoms with E-state index in [1.807, 2.05) is 43.9 Å². The predicted octanol–water partition coefficient (Wildman–Crippen LogP) is 5.08. The van der Waals surface area contributed by atoms with E-state index in [1.165, 1.54) is 0 Å². The number of aromatic nitrogens is 4. The van der Waals surface area contributed by atoms with Crippen LogP contribution in [0.3, 0.4) is 0 Å². The molecule has 3 aromatic rings. The average molecular weight is 525 g/mol. The van der Waals surface area contributed by atoms with Crippen molar-refractivity contribution in [1.29, 1.82) is 0 Å². The third-order valence-corrected chi connectivity index (χ3v) is 7.11. The maximum absolute atomic E-state index is 12.6. The van der Waals surface area contributed by atoms with Gasteiger partial charge in [0.2, 0.25) is 0 Å². The van der Waals surface area contributed by atoms with Crippen LogP contribution in [0.25, 0.3) is 22.3 Å². The lowest BCUT2D eigenvalue weighted by molar-refractivity contribution is 0.0266. The number of nitrogens with zero attached hydrogens (tertiary/aromatic N) is 6. The Bertz CT molecular complexity index is 1210. The molecule has 5 rings (SSSR count). The van der Waals surface area contributed by atoms with Gasteiger partial charge >= 0.3 is 6.09 Å². The van der Waals surface area contributed by atoms with Gasteiger partial charge in [-0.2, -0.15) is 0 Å². The lowest BCUT2D eigenvalue weighted by atomic mass is 9.78. The molecule has 2 aliphatic heterocycles. The fraction of sp³-hybridized carbons (Fsp3) is 0.480. The van der Waals surface area contributed by atoms with Crippen LogP contribution >= 0.6 is 15.9 Å². The Hall–Kier alpha value is -2.81. The number of carbonyl (C=O) groups excluding carboxylic acids is 1. The Labute approximate surface area is 207 Å². The van der Waals surface area contributed by atoms with Crippen molar-refractivity contribution in [2.45, 2.75) is 45.6 Å². The summed E-state index contributed by atoms with van der Waals surface area (Å²) in [5.74, 6) is 1.60.